The predicted molar refractivity (Wildman–Crippen MR) is 133 cm³/mol. The molecule has 0 aliphatic rings. The number of aromatic nitrogens is 2. The molecule has 8 heteroatoms. The van der Waals surface area contributed by atoms with Gasteiger partial charge >= 0.3 is 0 Å². The van der Waals surface area contributed by atoms with E-state index in [0.29, 0.717) is 33.6 Å². The summed E-state index contributed by atoms with van der Waals surface area (Å²) in [4.78, 5) is 19.9. The van der Waals surface area contributed by atoms with E-state index in [4.69, 9.17) is 9.15 Å². The molecule has 0 amide bonds. The second-order valence-electron chi connectivity index (χ2n) is 7.93. The molecule has 1 N–H and O–H groups in total. The van der Waals surface area contributed by atoms with E-state index in [-0.39, 0.29) is 17.1 Å². The van der Waals surface area contributed by atoms with E-state index in [1.165, 1.54) is 10.9 Å². The molecule has 0 saturated carbocycles. The molecule has 0 atom stereocenters. The number of rotatable bonds is 5. The number of phenols is 1. The summed E-state index contributed by atoms with van der Waals surface area (Å²) in [6.45, 7) is 0. The van der Waals surface area contributed by atoms with Gasteiger partial charge in [0, 0.05) is 31.4 Å². The number of hydrogen-bond donors (Lipinski definition) is 1. The van der Waals surface area contributed by atoms with Gasteiger partial charge in [-0.25, -0.2) is 4.98 Å². The van der Waals surface area contributed by atoms with Gasteiger partial charge in [-0.3, -0.25) is 4.79 Å². The van der Waals surface area contributed by atoms with Crippen LogP contribution in [0.5, 0.6) is 11.5 Å². The Morgan fingerprint density at radius 3 is 2.65 bits per heavy atom. The molecule has 8 nitrogen and oxygen atoms in total. The van der Waals surface area contributed by atoms with Crippen molar-refractivity contribution in [3.8, 4) is 23.1 Å². The first-order valence-corrected chi connectivity index (χ1v) is 10.6. The first kappa shape index (κ1) is 21.3. The Morgan fingerprint density at radius 1 is 1.06 bits per heavy atom. The molecule has 2 heterocycles. The van der Waals surface area contributed by atoms with Crippen LogP contribution < -0.4 is 15.2 Å². The Kier molecular flexibility index (Phi) is 5.25. The molecular formula is C26H22N4O4. The molecular weight excluding hydrogens is 432 g/mol. The smallest absolute Gasteiger partial charge is 0.282 e. The van der Waals surface area contributed by atoms with Crippen LogP contribution in [-0.4, -0.2) is 42.2 Å². The van der Waals surface area contributed by atoms with Crippen molar-refractivity contribution in [2.24, 2.45) is 5.10 Å². The summed E-state index contributed by atoms with van der Waals surface area (Å²) >= 11 is 0. The second-order valence-corrected chi connectivity index (χ2v) is 7.93. The minimum absolute atomic E-state index is 0.0479. The Labute approximate surface area is 195 Å². The average molecular weight is 454 g/mol. The summed E-state index contributed by atoms with van der Waals surface area (Å²) in [6, 6.07) is 19.5. The number of furan rings is 1. The molecule has 2 aromatic heterocycles. The lowest BCUT2D eigenvalue weighted by Gasteiger charge is -2.13. The van der Waals surface area contributed by atoms with Crippen LogP contribution in [0.4, 0.5) is 5.69 Å². The first-order valence-electron chi connectivity index (χ1n) is 10.6. The van der Waals surface area contributed by atoms with E-state index in [9.17, 15) is 9.90 Å². The normalized spacial score (nSPS) is 11.5. The number of fused-ring (bicyclic) bond motifs is 2. The summed E-state index contributed by atoms with van der Waals surface area (Å²) in [5.74, 6) is 1.30. The van der Waals surface area contributed by atoms with Crippen molar-refractivity contribution in [3.63, 3.8) is 0 Å². The van der Waals surface area contributed by atoms with Crippen LogP contribution in [0, 0.1) is 0 Å². The van der Waals surface area contributed by atoms with Crippen molar-refractivity contribution in [2.75, 3.05) is 26.1 Å². The van der Waals surface area contributed by atoms with Crippen LogP contribution in [0.3, 0.4) is 0 Å². The highest BCUT2D eigenvalue weighted by molar-refractivity contribution is 5.89. The summed E-state index contributed by atoms with van der Waals surface area (Å²) in [7, 11) is 5.36. The van der Waals surface area contributed by atoms with Crippen molar-refractivity contribution in [1.29, 1.82) is 0 Å². The van der Waals surface area contributed by atoms with Crippen molar-refractivity contribution < 1.29 is 14.3 Å². The SMILES string of the molecule is COc1cccc2oc(-c3nc4ccccc4c(=O)n3N=Cc3ccc(N(C)C)cc3O)cc12. The number of para-hydroxylation sites is 1. The topological polar surface area (TPSA) is 93.1 Å². The number of hydrogen-bond acceptors (Lipinski definition) is 7. The number of ether oxygens (including phenoxy) is 1. The van der Waals surface area contributed by atoms with E-state index in [0.717, 1.165) is 11.1 Å². The fourth-order valence-electron chi connectivity index (χ4n) is 3.75. The van der Waals surface area contributed by atoms with Crippen LogP contribution in [-0.2, 0) is 0 Å². The fraction of sp³-hybridized carbons (Fsp3) is 0.115. The van der Waals surface area contributed by atoms with Gasteiger partial charge in [-0.05, 0) is 42.5 Å². The van der Waals surface area contributed by atoms with E-state index in [1.54, 1.807) is 43.5 Å². The molecule has 0 aliphatic carbocycles. The van der Waals surface area contributed by atoms with Gasteiger partial charge in [-0.15, -0.1) is 0 Å². The highest BCUT2D eigenvalue weighted by atomic mass is 16.5. The number of aromatic hydroxyl groups is 1. The zero-order valence-electron chi connectivity index (χ0n) is 18.9. The zero-order valence-corrected chi connectivity index (χ0v) is 18.9. The molecule has 0 aliphatic heterocycles. The number of methoxy groups -OCH3 is 1. The molecule has 170 valence electrons. The van der Waals surface area contributed by atoms with Gasteiger partial charge in [0.05, 0.1) is 29.6 Å². The highest BCUT2D eigenvalue weighted by Gasteiger charge is 2.18. The third-order valence-electron chi connectivity index (χ3n) is 5.56. The minimum Gasteiger partial charge on any atom is -0.507 e. The highest BCUT2D eigenvalue weighted by Crippen LogP contribution is 2.33. The molecule has 3 aromatic carbocycles. The standard InChI is InChI=1S/C26H22N4O4/c1-29(2)17-12-11-16(21(31)13-17)15-27-30-25(28-20-8-5-4-7-18(20)26(30)32)24-14-19-22(33-3)9-6-10-23(19)34-24/h4-15,31H,1-3H3. The van der Waals surface area contributed by atoms with Crippen molar-refractivity contribution in [3.05, 3.63) is 82.6 Å². The third-order valence-corrected chi connectivity index (χ3v) is 5.56. The molecule has 0 bridgehead atoms. The molecule has 0 unspecified atom stereocenters. The van der Waals surface area contributed by atoms with Gasteiger partial charge in [-0.1, -0.05) is 18.2 Å². The molecule has 0 spiro atoms. The van der Waals surface area contributed by atoms with E-state index >= 15 is 0 Å². The Hall–Kier alpha value is -4.59. The maximum absolute atomic E-state index is 13.4. The van der Waals surface area contributed by atoms with Crippen molar-refractivity contribution in [1.82, 2.24) is 9.66 Å². The van der Waals surface area contributed by atoms with E-state index in [2.05, 4.69) is 10.1 Å². The lowest BCUT2D eigenvalue weighted by atomic mass is 10.2. The number of benzene rings is 3. The molecule has 0 saturated heterocycles. The average Bonchev–Trinajstić information content (AvgIpc) is 3.28. The summed E-state index contributed by atoms with van der Waals surface area (Å²) < 4.78 is 12.7. The Morgan fingerprint density at radius 2 is 1.88 bits per heavy atom. The van der Waals surface area contributed by atoms with Gasteiger partial charge in [-0.2, -0.15) is 9.78 Å². The summed E-state index contributed by atoms with van der Waals surface area (Å²) in [6.07, 6.45) is 1.43. The van der Waals surface area contributed by atoms with Gasteiger partial charge in [0.25, 0.3) is 5.56 Å². The van der Waals surface area contributed by atoms with Gasteiger partial charge in [0.2, 0.25) is 5.82 Å². The largest absolute Gasteiger partial charge is 0.507 e. The van der Waals surface area contributed by atoms with Crippen LogP contribution in [0.2, 0.25) is 0 Å². The zero-order chi connectivity index (χ0) is 23.8. The predicted octanol–water partition coefficient (Wildman–Crippen LogP) is 4.47. The van der Waals surface area contributed by atoms with Gasteiger partial charge in [0.15, 0.2) is 5.76 Å². The Bertz CT molecular complexity index is 1620. The molecule has 5 aromatic rings. The van der Waals surface area contributed by atoms with Crippen LogP contribution >= 0.6 is 0 Å². The second kappa shape index (κ2) is 8.40. The van der Waals surface area contributed by atoms with Gasteiger partial charge in [0.1, 0.15) is 17.1 Å². The molecule has 0 radical (unpaired) electrons. The molecule has 34 heavy (non-hydrogen) atoms. The first-order chi connectivity index (χ1) is 16.5. The quantitative estimate of drug-likeness (QED) is 0.394. The van der Waals surface area contributed by atoms with Crippen LogP contribution in [0.25, 0.3) is 33.5 Å². The maximum Gasteiger partial charge on any atom is 0.282 e. The van der Waals surface area contributed by atoms with Crippen LogP contribution in [0.15, 0.2) is 81.0 Å². The van der Waals surface area contributed by atoms with Crippen LogP contribution in [0.1, 0.15) is 5.56 Å². The van der Waals surface area contributed by atoms with Gasteiger partial charge < -0.3 is 19.2 Å². The summed E-state index contributed by atoms with van der Waals surface area (Å²) in [5.41, 5.74) is 2.08. The Balaban J connectivity index is 1.70. The lowest BCUT2D eigenvalue weighted by molar-refractivity contribution is 0.419. The van der Waals surface area contributed by atoms with Crippen molar-refractivity contribution in [2.45, 2.75) is 0 Å². The summed E-state index contributed by atoms with van der Waals surface area (Å²) in [5, 5.41) is 16.0. The number of nitrogens with zero attached hydrogens (tertiary/aromatic N) is 4. The number of anilines is 1. The van der Waals surface area contributed by atoms with E-state index < -0.39 is 0 Å². The molecule has 0 fully saturated rings. The minimum atomic E-state index is -0.353. The lowest BCUT2D eigenvalue weighted by Crippen LogP contribution is -2.20. The maximum atomic E-state index is 13.4. The van der Waals surface area contributed by atoms with Crippen molar-refractivity contribution >= 4 is 33.8 Å². The monoisotopic (exact) mass is 454 g/mol. The fourth-order valence-corrected chi connectivity index (χ4v) is 3.75. The van der Waals surface area contributed by atoms with E-state index in [1.807, 2.05) is 49.3 Å². The third kappa shape index (κ3) is 3.65. The number of phenolic OH excluding ortho intramolecular Hbond substituents is 1. The molecule has 5 rings (SSSR count).